The summed E-state index contributed by atoms with van der Waals surface area (Å²) < 4.78 is 0. The zero-order valence-corrected chi connectivity index (χ0v) is 13.5. The van der Waals surface area contributed by atoms with Crippen molar-refractivity contribution in [1.29, 1.82) is 0 Å². The summed E-state index contributed by atoms with van der Waals surface area (Å²) in [5.74, 6) is 3.57. The highest BCUT2D eigenvalue weighted by atomic mass is 15.0. The van der Waals surface area contributed by atoms with E-state index in [2.05, 4.69) is 33.0 Å². The Kier molecular flexibility index (Phi) is 5.38. The molecule has 3 nitrogen and oxygen atoms in total. The van der Waals surface area contributed by atoms with Crippen molar-refractivity contribution in [2.45, 2.75) is 72.1 Å². The number of hydrogen-bond donors (Lipinski definition) is 1. The molecule has 2 rings (SSSR count). The first kappa shape index (κ1) is 15.3. The van der Waals surface area contributed by atoms with Gasteiger partial charge in [-0.25, -0.2) is 9.97 Å². The highest BCUT2D eigenvalue weighted by Gasteiger charge is 2.25. The molecule has 3 heteroatoms. The summed E-state index contributed by atoms with van der Waals surface area (Å²) in [5, 5.41) is 3.40. The summed E-state index contributed by atoms with van der Waals surface area (Å²) in [7, 11) is 0. The summed E-state index contributed by atoms with van der Waals surface area (Å²) in [6, 6.07) is 0. The molecule has 1 aliphatic carbocycles. The van der Waals surface area contributed by atoms with E-state index in [1.807, 2.05) is 0 Å². The molecule has 112 valence electrons. The average Bonchev–Trinajstić information content (AvgIpc) is 2.49. The predicted octanol–water partition coefficient (Wildman–Crippen LogP) is 4.46. The smallest absolute Gasteiger partial charge is 0.134 e. The van der Waals surface area contributed by atoms with Gasteiger partial charge in [-0.1, -0.05) is 33.1 Å². The Labute approximate surface area is 123 Å². The van der Waals surface area contributed by atoms with Gasteiger partial charge in [0.25, 0.3) is 0 Å². The van der Waals surface area contributed by atoms with Crippen molar-refractivity contribution in [2.75, 3.05) is 11.9 Å². The third-order valence-corrected chi connectivity index (χ3v) is 4.67. The summed E-state index contributed by atoms with van der Waals surface area (Å²) in [6.07, 6.45) is 7.53. The van der Waals surface area contributed by atoms with Gasteiger partial charge in [0.15, 0.2) is 0 Å². The van der Waals surface area contributed by atoms with Crippen molar-refractivity contribution in [3.63, 3.8) is 0 Å². The molecule has 0 aromatic carbocycles. The predicted molar refractivity (Wildman–Crippen MR) is 85.3 cm³/mol. The number of nitrogens with zero attached hydrogens (tertiary/aromatic N) is 2. The van der Waals surface area contributed by atoms with Crippen LogP contribution in [0.3, 0.4) is 0 Å². The van der Waals surface area contributed by atoms with Gasteiger partial charge >= 0.3 is 0 Å². The summed E-state index contributed by atoms with van der Waals surface area (Å²) in [6.45, 7) is 9.68. The highest BCUT2D eigenvalue weighted by molar-refractivity contribution is 5.46. The van der Waals surface area contributed by atoms with E-state index < -0.39 is 0 Å². The first-order valence-electron chi connectivity index (χ1n) is 8.30. The van der Waals surface area contributed by atoms with E-state index in [-0.39, 0.29) is 0 Å². The Morgan fingerprint density at radius 2 is 1.95 bits per heavy atom. The lowest BCUT2D eigenvalue weighted by Gasteiger charge is -2.28. The van der Waals surface area contributed by atoms with Crippen LogP contribution < -0.4 is 5.32 Å². The van der Waals surface area contributed by atoms with Gasteiger partial charge in [-0.05, 0) is 39.0 Å². The second kappa shape index (κ2) is 7.05. The van der Waals surface area contributed by atoms with Crippen LogP contribution in [0.1, 0.15) is 75.9 Å². The Morgan fingerprint density at radius 1 is 1.15 bits per heavy atom. The van der Waals surface area contributed by atoms with Crippen molar-refractivity contribution in [3.05, 3.63) is 17.1 Å². The van der Waals surface area contributed by atoms with Crippen LogP contribution in [0, 0.1) is 12.8 Å². The van der Waals surface area contributed by atoms with E-state index in [4.69, 9.17) is 9.97 Å². The Balaban J connectivity index is 2.28. The number of hydrogen-bond acceptors (Lipinski definition) is 3. The van der Waals surface area contributed by atoms with Crippen molar-refractivity contribution in [3.8, 4) is 0 Å². The molecule has 0 amide bonds. The van der Waals surface area contributed by atoms with Crippen LogP contribution in [0.15, 0.2) is 0 Å². The first-order chi connectivity index (χ1) is 9.69. The van der Waals surface area contributed by atoms with Crippen LogP contribution in [-0.2, 0) is 6.42 Å². The molecule has 1 fully saturated rings. The Bertz CT molecular complexity index is 442. The van der Waals surface area contributed by atoms with Gasteiger partial charge in [0.1, 0.15) is 11.6 Å². The molecule has 2 unspecified atom stereocenters. The van der Waals surface area contributed by atoms with E-state index in [1.165, 1.54) is 43.4 Å². The van der Waals surface area contributed by atoms with Crippen molar-refractivity contribution in [2.24, 2.45) is 5.92 Å². The number of anilines is 1. The Hall–Kier alpha value is -1.12. The van der Waals surface area contributed by atoms with E-state index >= 15 is 0 Å². The molecule has 1 aromatic rings. The molecule has 1 saturated carbocycles. The zero-order chi connectivity index (χ0) is 14.5. The zero-order valence-electron chi connectivity index (χ0n) is 13.5. The molecule has 0 aliphatic heterocycles. The molecule has 1 aromatic heterocycles. The van der Waals surface area contributed by atoms with Crippen LogP contribution in [-0.4, -0.2) is 16.5 Å². The number of rotatable bonds is 5. The van der Waals surface area contributed by atoms with Crippen LogP contribution in [0.4, 0.5) is 5.82 Å². The van der Waals surface area contributed by atoms with Crippen molar-refractivity contribution in [1.82, 2.24) is 9.97 Å². The quantitative estimate of drug-likeness (QED) is 0.862. The number of aryl methyl sites for hydroxylation is 1. The van der Waals surface area contributed by atoms with Crippen molar-refractivity contribution >= 4 is 5.82 Å². The Morgan fingerprint density at radius 3 is 2.60 bits per heavy atom. The van der Waals surface area contributed by atoms with Gasteiger partial charge in [-0.15, -0.1) is 0 Å². The van der Waals surface area contributed by atoms with Crippen LogP contribution >= 0.6 is 0 Å². The van der Waals surface area contributed by atoms with E-state index in [0.717, 1.165) is 30.5 Å². The normalized spacial score (nSPS) is 22.8. The molecule has 2 atom stereocenters. The lowest BCUT2D eigenvalue weighted by molar-refractivity contribution is 0.307. The fourth-order valence-corrected chi connectivity index (χ4v) is 3.34. The second-order valence-corrected chi connectivity index (χ2v) is 6.02. The minimum atomic E-state index is 0.567. The molecule has 1 heterocycles. The standard InChI is InChI=1S/C17H29N3/c1-5-13-9-8-10-14(11-13)17-19-15(6-2)12(4)16(20-17)18-7-3/h13-14H,5-11H2,1-4H3,(H,18,19,20). The molecule has 0 radical (unpaired) electrons. The third-order valence-electron chi connectivity index (χ3n) is 4.67. The fourth-order valence-electron chi connectivity index (χ4n) is 3.34. The average molecular weight is 275 g/mol. The number of aromatic nitrogens is 2. The van der Waals surface area contributed by atoms with Gasteiger partial charge in [-0.3, -0.25) is 0 Å². The summed E-state index contributed by atoms with van der Waals surface area (Å²) in [4.78, 5) is 9.72. The molecule has 0 bridgehead atoms. The number of nitrogens with one attached hydrogen (secondary N) is 1. The maximum Gasteiger partial charge on any atom is 0.134 e. The molecule has 1 aliphatic rings. The molecular weight excluding hydrogens is 246 g/mol. The van der Waals surface area contributed by atoms with Crippen LogP contribution in [0.5, 0.6) is 0 Å². The van der Waals surface area contributed by atoms with Crippen LogP contribution in [0.25, 0.3) is 0 Å². The second-order valence-electron chi connectivity index (χ2n) is 6.02. The molecule has 20 heavy (non-hydrogen) atoms. The minimum Gasteiger partial charge on any atom is -0.370 e. The molecule has 1 N–H and O–H groups in total. The third kappa shape index (κ3) is 3.31. The fraction of sp³-hybridized carbons (Fsp3) is 0.765. The van der Waals surface area contributed by atoms with Gasteiger partial charge in [0, 0.05) is 23.7 Å². The lowest BCUT2D eigenvalue weighted by Crippen LogP contribution is -2.18. The monoisotopic (exact) mass is 275 g/mol. The maximum absolute atomic E-state index is 4.87. The summed E-state index contributed by atoms with van der Waals surface area (Å²) >= 11 is 0. The molecular formula is C17H29N3. The molecule has 0 saturated heterocycles. The SMILES string of the molecule is CCNc1nc(C2CCCC(CC)C2)nc(CC)c1C. The van der Waals surface area contributed by atoms with Crippen molar-refractivity contribution < 1.29 is 0 Å². The lowest BCUT2D eigenvalue weighted by atomic mass is 9.80. The van der Waals surface area contributed by atoms with E-state index in [0.29, 0.717) is 5.92 Å². The van der Waals surface area contributed by atoms with Crippen LogP contribution in [0.2, 0.25) is 0 Å². The van der Waals surface area contributed by atoms with Gasteiger partial charge < -0.3 is 5.32 Å². The van der Waals surface area contributed by atoms with E-state index in [1.54, 1.807) is 0 Å². The summed E-state index contributed by atoms with van der Waals surface area (Å²) in [5.41, 5.74) is 2.44. The first-order valence-corrected chi connectivity index (χ1v) is 8.30. The van der Waals surface area contributed by atoms with Gasteiger partial charge in [0.05, 0.1) is 0 Å². The maximum atomic E-state index is 4.87. The van der Waals surface area contributed by atoms with Gasteiger partial charge in [0.2, 0.25) is 0 Å². The topological polar surface area (TPSA) is 37.8 Å². The largest absolute Gasteiger partial charge is 0.370 e. The minimum absolute atomic E-state index is 0.567. The molecule has 0 spiro atoms. The van der Waals surface area contributed by atoms with Gasteiger partial charge in [-0.2, -0.15) is 0 Å². The highest BCUT2D eigenvalue weighted by Crippen LogP contribution is 2.36. The van der Waals surface area contributed by atoms with E-state index in [9.17, 15) is 0 Å².